The Morgan fingerprint density at radius 2 is 2.19 bits per heavy atom. The molecule has 27 heavy (non-hydrogen) atoms. The summed E-state index contributed by atoms with van der Waals surface area (Å²) in [6.45, 7) is 0. The highest BCUT2D eigenvalue weighted by Gasteiger charge is 2.37. The number of nitrogens with zero attached hydrogens (tertiary/aromatic N) is 1. The van der Waals surface area contributed by atoms with Crippen molar-refractivity contribution in [3.8, 4) is 0 Å². The lowest BCUT2D eigenvalue weighted by Crippen LogP contribution is -2.56. The molecule has 0 bridgehead atoms. The molecule has 2 fully saturated rings. The van der Waals surface area contributed by atoms with Gasteiger partial charge in [0.25, 0.3) is 0 Å². The number of aromatic nitrogens is 2. The average molecular weight is 394 g/mol. The highest BCUT2D eigenvalue weighted by molar-refractivity contribution is 8.00. The first kappa shape index (κ1) is 19.4. The monoisotopic (exact) mass is 394 g/mol. The van der Waals surface area contributed by atoms with Gasteiger partial charge in [-0.1, -0.05) is 0 Å². The summed E-state index contributed by atoms with van der Waals surface area (Å²) in [4.78, 5) is 55.2. The molecule has 10 nitrogen and oxygen atoms in total. The lowest BCUT2D eigenvalue weighted by Gasteiger charge is -2.26. The summed E-state index contributed by atoms with van der Waals surface area (Å²) < 4.78 is 0. The third kappa shape index (κ3) is 4.86. The number of aromatic amines is 1. The van der Waals surface area contributed by atoms with Crippen LogP contribution < -0.4 is 21.7 Å². The molecule has 3 heterocycles. The van der Waals surface area contributed by atoms with Crippen LogP contribution in [0, 0.1) is 0 Å². The summed E-state index contributed by atoms with van der Waals surface area (Å²) in [5.41, 5.74) is 5.98. The average Bonchev–Trinajstić information content (AvgIpc) is 3.32. The number of carbonyl (C=O) groups is 4. The van der Waals surface area contributed by atoms with Crippen molar-refractivity contribution in [3.63, 3.8) is 0 Å². The van der Waals surface area contributed by atoms with E-state index in [4.69, 9.17) is 5.73 Å². The number of rotatable bonds is 7. The predicted octanol–water partition coefficient (Wildman–Crippen LogP) is -1.81. The third-order valence-electron chi connectivity index (χ3n) is 4.57. The van der Waals surface area contributed by atoms with Gasteiger partial charge in [-0.05, 0) is 12.8 Å². The second-order valence-corrected chi connectivity index (χ2v) is 7.73. The minimum Gasteiger partial charge on any atom is -0.368 e. The highest BCUT2D eigenvalue weighted by atomic mass is 32.2. The van der Waals surface area contributed by atoms with E-state index < -0.39 is 35.3 Å². The Labute approximate surface area is 159 Å². The number of nitrogens with one attached hydrogen (secondary N) is 4. The van der Waals surface area contributed by atoms with Gasteiger partial charge in [0.05, 0.1) is 18.4 Å². The zero-order chi connectivity index (χ0) is 19.4. The fourth-order valence-electron chi connectivity index (χ4n) is 3.10. The fourth-order valence-corrected chi connectivity index (χ4v) is 4.33. The van der Waals surface area contributed by atoms with Crippen LogP contribution in [0.15, 0.2) is 12.5 Å². The van der Waals surface area contributed by atoms with Gasteiger partial charge in [0.2, 0.25) is 17.7 Å². The van der Waals surface area contributed by atoms with Crippen LogP contribution in [-0.2, 0) is 25.6 Å². The Balaban J connectivity index is 1.68. The molecule has 0 saturated carbocycles. The molecule has 1 aromatic rings. The summed E-state index contributed by atoms with van der Waals surface area (Å²) in [5.74, 6) is -0.939. The van der Waals surface area contributed by atoms with Crippen molar-refractivity contribution in [1.29, 1.82) is 0 Å². The summed E-state index contributed by atoms with van der Waals surface area (Å²) >= 11 is 1.28. The van der Waals surface area contributed by atoms with Gasteiger partial charge in [-0.25, -0.2) is 4.98 Å². The Kier molecular flexibility index (Phi) is 6.11. The number of piperidine rings is 1. The SMILES string of the molecule is NC(=O)C1CSC(C(=O)[C@@H](Cc2cnc[nH]2)NC(=O)C2CCCC(=O)N2)N1. The molecule has 0 radical (unpaired) electrons. The number of Topliss-reactive ketones (excluding diaryl/α,β-unsaturated/α-hetero) is 1. The molecule has 3 unspecified atom stereocenters. The number of hydrogen-bond acceptors (Lipinski definition) is 7. The van der Waals surface area contributed by atoms with E-state index in [0.717, 1.165) is 0 Å². The van der Waals surface area contributed by atoms with Crippen LogP contribution in [-0.4, -0.2) is 62.7 Å². The molecule has 1 aromatic heterocycles. The number of hydrogen-bond donors (Lipinski definition) is 5. The van der Waals surface area contributed by atoms with E-state index in [-0.39, 0.29) is 18.1 Å². The fraction of sp³-hybridized carbons (Fsp3) is 0.562. The number of imidazole rings is 1. The molecule has 0 aromatic carbocycles. The lowest BCUT2D eigenvalue weighted by atomic mass is 10.0. The van der Waals surface area contributed by atoms with Crippen LogP contribution in [0.4, 0.5) is 0 Å². The second kappa shape index (κ2) is 8.53. The molecule has 2 aliphatic heterocycles. The first-order valence-electron chi connectivity index (χ1n) is 8.71. The van der Waals surface area contributed by atoms with Crippen LogP contribution in [0.1, 0.15) is 25.0 Å². The topological polar surface area (TPSA) is 159 Å². The normalized spacial score (nSPS) is 26.2. The minimum atomic E-state index is -0.826. The maximum Gasteiger partial charge on any atom is 0.243 e. The number of amides is 3. The molecule has 2 aliphatic rings. The van der Waals surface area contributed by atoms with E-state index in [0.29, 0.717) is 30.7 Å². The molecular formula is C16H22N6O4S. The molecule has 0 spiro atoms. The van der Waals surface area contributed by atoms with E-state index in [1.54, 1.807) is 6.20 Å². The smallest absolute Gasteiger partial charge is 0.243 e. The largest absolute Gasteiger partial charge is 0.368 e. The lowest BCUT2D eigenvalue weighted by molar-refractivity contribution is -0.133. The summed E-state index contributed by atoms with van der Waals surface area (Å²) in [7, 11) is 0. The Bertz CT molecular complexity index is 725. The molecule has 11 heteroatoms. The van der Waals surface area contributed by atoms with Crippen LogP contribution >= 0.6 is 11.8 Å². The number of ketones is 1. The van der Waals surface area contributed by atoms with Crippen molar-refractivity contribution in [1.82, 2.24) is 25.9 Å². The van der Waals surface area contributed by atoms with Crippen LogP contribution in [0.25, 0.3) is 0 Å². The number of nitrogens with two attached hydrogens (primary N) is 1. The molecular weight excluding hydrogens is 372 g/mol. The Morgan fingerprint density at radius 1 is 1.37 bits per heavy atom. The first-order chi connectivity index (χ1) is 12.9. The van der Waals surface area contributed by atoms with Crippen LogP contribution in [0.5, 0.6) is 0 Å². The zero-order valence-electron chi connectivity index (χ0n) is 14.6. The van der Waals surface area contributed by atoms with Crippen LogP contribution in [0.3, 0.4) is 0 Å². The third-order valence-corrected chi connectivity index (χ3v) is 5.80. The Morgan fingerprint density at radius 3 is 2.81 bits per heavy atom. The zero-order valence-corrected chi connectivity index (χ0v) is 15.4. The van der Waals surface area contributed by atoms with Crippen molar-refractivity contribution in [3.05, 3.63) is 18.2 Å². The van der Waals surface area contributed by atoms with Crippen molar-refractivity contribution in [2.75, 3.05) is 5.75 Å². The van der Waals surface area contributed by atoms with Gasteiger partial charge < -0.3 is 21.4 Å². The van der Waals surface area contributed by atoms with E-state index >= 15 is 0 Å². The van der Waals surface area contributed by atoms with E-state index in [9.17, 15) is 19.2 Å². The first-order valence-corrected chi connectivity index (χ1v) is 9.76. The maximum atomic E-state index is 13.0. The van der Waals surface area contributed by atoms with Gasteiger partial charge in [-0.15, -0.1) is 11.8 Å². The van der Waals surface area contributed by atoms with Crippen molar-refractivity contribution in [2.45, 2.75) is 49.2 Å². The highest BCUT2D eigenvalue weighted by Crippen LogP contribution is 2.21. The van der Waals surface area contributed by atoms with Gasteiger partial charge in [0.1, 0.15) is 11.4 Å². The maximum absolute atomic E-state index is 13.0. The van der Waals surface area contributed by atoms with Crippen molar-refractivity contribution < 1.29 is 19.2 Å². The summed E-state index contributed by atoms with van der Waals surface area (Å²) in [5, 5.41) is 7.65. The Hall–Kier alpha value is -2.40. The molecule has 6 N–H and O–H groups in total. The van der Waals surface area contributed by atoms with Gasteiger partial charge in [-0.3, -0.25) is 24.5 Å². The number of primary amides is 1. The molecule has 4 atom stereocenters. The van der Waals surface area contributed by atoms with E-state index in [2.05, 4.69) is 25.9 Å². The molecule has 3 amide bonds. The quantitative estimate of drug-likeness (QED) is 0.364. The molecule has 0 aliphatic carbocycles. The standard InChI is InChI=1S/C16H22N6O4S/c17-14(25)11-6-27-16(22-11)13(24)10(4-8-5-18-7-19-8)21-15(26)9-2-1-3-12(23)20-9/h5,7,9-11,16,22H,1-4,6H2,(H2,17,25)(H,18,19)(H,20,23)(H,21,26)/t9?,10-,11?,16?/m1/s1. The van der Waals surface area contributed by atoms with Gasteiger partial charge >= 0.3 is 0 Å². The second-order valence-electron chi connectivity index (χ2n) is 6.59. The molecule has 2 saturated heterocycles. The van der Waals surface area contributed by atoms with Gasteiger partial charge in [0.15, 0.2) is 5.78 Å². The molecule has 146 valence electrons. The summed E-state index contributed by atoms with van der Waals surface area (Å²) in [6, 6.07) is -2.05. The number of thioether (sulfide) groups is 1. The van der Waals surface area contributed by atoms with E-state index in [1.807, 2.05) is 0 Å². The van der Waals surface area contributed by atoms with Gasteiger partial charge in [0, 0.05) is 30.5 Å². The van der Waals surface area contributed by atoms with Crippen LogP contribution in [0.2, 0.25) is 0 Å². The minimum absolute atomic E-state index is 0.171. The number of H-pyrrole nitrogens is 1. The van der Waals surface area contributed by atoms with Crippen molar-refractivity contribution in [2.24, 2.45) is 5.73 Å². The number of carbonyl (C=O) groups excluding carboxylic acids is 4. The molecule has 3 rings (SSSR count). The predicted molar refractivity (Wildman–Crippen MR) is 97.4 cm³/mol. The van der Waals surface area contributed by atoms with Crippen molar-refractivity contribution >= 4 is 35.3 Å². The summed E-state index contributed by atoms with van der Waals surface area (Å²) in [6.07, 6.45) is 4.86. The van der Waals surface area contributed by atoms with E-state index in [1.165, 1.54) is 18.1 Å². The van der Waals surface area contributed by atoms with Gasteiger partial charge in [-0.2, -0.15) is 0 Å².